The quantitative estimate of drug-likeness (QED) is 0.770. The Morgan fingerprint density at radius 3 is 2.64 bits per heavy atom. The van der Waals surface area contributed by atoms with Gasteiger partial charge in [-0.05, 0) is 75.3 Å². The van der Waals surface area contributed by atoms with Crippen molar-refractivity contribution in [1.82, 2.24) is 9.47 Å². The smallest absolute Gasteiger partial charge is 0.256 e. The maximum atomic E-state index is 13.7. The summed E-state index contributed by atoms with van der Waals surface area (Å²) in [6, 6.07) is 13.1. The van der Waals surface area contributed by atoms with Crippen molar-refractivity contribution in [1.29, 1.82) is 0 Å². The van der Waals surface area contributed by atoms with Crippen LogP contribution < -0.4 is 0 Å². The molecule has 0 spiro atoms. The second-order valence-corrected chi connectivity index (χ2v) is 8.39. The van der Waals surface area contributed by atoms with Gasteiger partial charge in [-0.2, -0.15) is 0 Å². The van der Waals surface area contributed by atoms with Crippen molar-refractivity contribution >= 4 is 12.1 Å². The van der Waals surface area contributed by atoms with Gasteiger partial charge in [-0.1, -0.05) is 18.2 Å². The van der Waals surface area contributed by atoms with Gasteiger partial charge >= 0.3 is 0 Å². The van der Waals surface area contributed by atoms with Crippen molar-refractivity contribution in [3.63, 3.8) is 0 Å². The first-order valence-electron chi connectivity index (χ1n) is 10.4. The molecule has 3 aliphatic rings. The number of carbonyl (C=O) groups excluding carboxylic acids is 1. The highest BCUT2D eigenvalue weighted by molar-refractivity contribution is 5.97. The monoisotopic (exact) mass is 373 g/mol. The number of aliphatic imine (C=N–C) groups is 1. The number of aromatic nitrogens is 1. The van der Waals surface area contributed by atoms with Crippen LogP contribution in [0.15, 0.2) is 52.5 Å². The first kappa shape index (κ1) is 17.5. The number of hydrogen-bond acceptors (Lipinski definition) is 2. The van der Waals surface area contributed by atoms with Crippen molar-refractivity contribution < 1.29 is 4.79 Å². The SMILES string of the molecule is Cc1cc(C(=O)N(C2CC2)C2CCC3=C(C=NC3)C2)c(C)n1-c1ccccc1. The molecule has 0 bridgehead atoms. The Kier molecular flexibility index (Phi) is 4.22. The number of para-hydroxylation sites is 1. The van der Waals surface area contributed by atoms with Crippen LogP contribution in [0.25, 0.3) is 5.69 Å². The molecule has 1 aromatic carbocycles. The minimum Gasteiger partial charge on any atom is -0.332 e. The summed E-state index contributed by atoms with van der Waals surface area (Å²) in [6.45, 7) is 5.03. The van der Waals surface area contributed by atoms with Crippen molar-refractivity contribution in [2.75, 3.05) is 6.54 Å². The maximum absolute atomic E-state index is 13.7. The average Bonchev–Trinajstić information content (AvgIpc) is 3.33. The molecular weight excluding hydrogens is 346 g/mol. The summed E-state index contributed by atoms with van der Waals surface area (Å²) < 4.78 is 2.20. The van der Waals surface area contributed by atoms with E-state index >= 15 is 0 Å². The Morgan fingerprint density at radius 2 is 1.89 bits per heavy atom. The summed E-state index contributed by atoms with van der Waals surface area (Å²) >= 11 is 0. The molecule has 1 aromatic heterocycles. The van der Waals surface area contributed by atoms with Crippen LogP contribution in [0.2, 0.25) is 0 Å². The fourth-order valence-corrected chi connectivity index (χ4v) is 4.90. The third-order valence-electron chi connectivity index (χ3n) is 6.46. The summed E-state index contributed by atoms with van der Waals surface area (Å²) in [5.74, 6) is 0.210. The van der Waals surface area contributed by atoms with Crippen LogP contribution in [0.4, 0.5) is 0 Å². The normalized spacial score (nSPS) is 21.1. The fourth-order valence-electron chi connectivity index (χ4n) is 4.90. The summed E-state index contributed by atoms with van der Waals surface area (Å²) in [5.41, 5.74) is 6.99. The number of nitrogens with zero attached hydrogens (tertiary/aromatic N) is 3. The largest absolute Gasteiger partial charge is 0.332 e. The Hall–Kier alpha value is -2.62. The van der Waals surface area contributed by atoms with Gasteiger partial charge in [0.2, 0.25) is 0 Å². The summed E-state index contributed by atoms with van der Waals surface area (Å²) in [6.07, 6.45) is 7.44. The minimum absolute atomic E-state index is 0.210. The van der Waals surface area contributed by atoms with Gasteiger partial charge in [0.25, 0.3) is 5.91 Å². The third kappa shape index (κ3) is 2.92. The van der Waals surface area contributed by atoms with Crippen molar-refractivity contribution in [3.05, 3.63) is 64.5 Å². The molecule has 0 saturated heterocycles. The van der Waals surface area contributed by atoms with Crippen LogP contribution >= 0.6 is 0 Å². The van der Waals surface area contributed by atoms with Gasteiger partial charge in [-0.15, -0.1) is 0 Å². The van der Waals surface area contributed by atoms with Gasteiger partial charge in [-0.25, -0.2) is 0 Å². The summed E-state index contributed by atoms with van der Waals surface area (Å²) in [7, 11) is 0. The third-order valence-corrected chi connectivity index (χ3v) is 6.46. The number of hydrogen-bond donors (Lipinski definition) is 0. The summed E-state index contributed by atoms with van der Waals surface area (Å²) in [4.78, 5) is 20.4. The molecule has 28 heavy (non-hydrogen) atoms. The molecule has 1 saturated carbocycles. The number of benzene rings is 1. The van der Waals surface area contributed by atoms with E-state index < -0.39 is 0 Å². The lowest BCUT2D eigenvalue weighted by Gasteiger charge is -2.35. The van der Waals surface area contributed by atoms with Gasteiger partial charge in [0.15, 0.2) is 0 Å². The van der Waals surface area contributed by atoms with Crippen molar-refractivity contribution in [3.8, 4) is 5.69 Å². The van der Waals surface area contributed by atoms with Crippen LogP contribution in [0.3, 0.4) is 0 Å². The van der Waals surface area contributed by atoms with E-state index in [9.17, 15) is 4.79 Å². The Balaban J connectivity index is 1.47. The molecule has 2 aliphatic carbocycles. The molecule has 144 valence electrons. The van der Waals surface area contributed by atoms with E-state index in [1.165, 1.54) is 11.1 Å². The number of amides is 1. The zero-order valence-corrected chi connectivity index (χ0v) is 16.7. The predicted molar refractivity (Wildman–Crippen MR) is 112 cm³/mol. The highest BCUT2D eigenvalue weighted by Crippen LogP contribution is 2.38. The van der Waals surface area contributed by atoms with E-state index in [4.69, 9.17) is 0 Å². The van der Waals surface area contributed by atoms with Crippen LogP contribution in [0.1, 0.15) is 53.8 Å². The molecule has 1 unspecified atom stereocenters. The molecule has 4 heteroatoms. The van der Waals surface area contributed by atoms with E-state index in [0.29, 0.717) is 12.1 Å². The van der Waals surface area contributed by atoms with E-state index in [2.05, 4.69) is 46.5 Å². The zero-order valence-electron chi connectivity index (χ0n) is 16.7. The Labute approximate surface area is 166 Å². The molecule has 1 aliphatic heterocycles. The lowest BCUT2D eigenvalue weighted by molar-refractivity contribution is 0.0644. The van der Waals surface area contributed by atoms with E-state index in [-0.39, 0.29) is 5.91 Å². The Bertz CT molecular complexity index is 979. The lowest BCUT2D eigenvalue weighted by Crippen LogP contribution is -2.43. The number of aryl methyl sites for hydroxylation is 1. The molecule has 1 amide bonds. The highest BCUT2D eigenvalue weighted by Gasteiger charge is 2.40. The highest BCUT2D eigenvalue weighted by atomic mass is 16.2. The second-order valence-electron chi connectivity index (χ2n) is 8.39. The molecule has 2 heterocycles. The second kappa shape index (κ2) is 6.77. The van der Waals surface area contributed by atoms with Crippen LogP contribution in [-0.4, -0.2) is 40.2 Å². The standard InChI is InChI=1S/C24H27N3O/c1-16-12-23(17(2)26(16)20-6-4-3-5-7-20)24(28)27(21-10-11-21)22-9-8-18-14-25-15-19(18)13-22/h3-7,12,15,21-22H,8-11,13-14H2,1-2H3. The minimum atomic E-state index is 0.210. The van der Waals surface area contributed by atoms with Crippen molar-refractivity contribution in [2.24, 2.45) is 4.99 Å². The van der Waals surface area contributed by atoms with Gasteiger partial charge in [0.1, 0.15) is 0 Å². The van der Waals surface area contributed by atoms with Gasteiger partial charge in [-0.3, -0.25) is 9.79 Å². The van der Waals surface area contributed by atoms with Crippen LogP contribution in [-0.2, 0) is 0 Å². The number of rotatable bonds is 4. The molecular formula is C24H27N3O. The molecule has 2 aromatic rings. The van der Waals surface area contributed by atoms with E-state index in [1.54, 1.807) is 0 Å². The zero-order chi connectivity index (χ0) is 19.3. The Morgan fingerprint density at radius 1 is 1.11 bits per heavy atom. The molecule has 0 N–H and O–H groups in total. The topological polar surface area (TPSA) is 37.6 Å². The maximum Gasteiger partial charge on any atom is 0.256 e. The molecule has 0 radical (unpaired) electrons. The van der Waals surface area contributed by atoms with Crippen molar-refractivity contribution in [2.45, 2.75) is 58.0 Å². The summed E-state index contributed by atoms with van der Waals surface area (Å²) in [5, 5.41) is 0. The fraction of sp³-hybridized carbons (Fsp3) is 0.417. The molecule has 5 rings (SSSR count). The number of carbonyl (C=O) groups is 1. The lowest BCUT2D eigenvalue weighted by atomic mass is 9.88. The van der Waals surface area contributed by atoms with Gasteiger partial charge in [0.05, 0.1) is 12.1 Å². The molecule has 4 nitrogen and oxygen atoms in total. The molecule has 1 fully saturated rings. The molecule has 1 atom stereocenters. The van der Waals surface area contributed by atoms with E-state index in [0.717, 1.165) is 61.3 Å². The average molecular weight is 374 g/mol. The van der Waals surface area contributed by atoms with E-state index in [1.807, 2.05) is 24.4 Å². The first-order valence-corrected chi connectivity index (χ1v) is 10.4. The van der Waals surface area contributed by atoms with Gasteiger partial charge in [0, 0.05) is 35.4 Å². The van der Waals surface area contributed by atoms with Crippen LogP contribution in [0, 0.1) is 13.8 Å². The van der Waals surface area contributed by atoms with Crippen LogP contribution in [0.5, 0.6) is 0 Å². The first-order chi connectivity index (χ1) is 13.6. The predicted octanol–water partition coefficient (Wildman–Crippen LogP) is 4.63. The van der Waals surface area contributed by atoms with Gasteiger partial charge < -0.3 is 9.47 Å².